The van der Waals surface area contributed by atoms with Crippen molar-refractivity contribution in [3.63, 3.8) is 0 Å². The summed E-state index contributed by atoms with van der Waals surface area (Å²) in [7, 11) is 0. The van der Waals surface area contributed by atoms with Crippen molar-refractivity contribution in [2.24, 2.45) is 0 Å². The lowest BCUT2D eigenvalue weighted by atomic mass is 10.3. The van der Waals surface area contributed by atoms with Crippen LogP contribution in [0, 0.1) is 0 Å². The maximum Gasteiger partial charge on any atom is 0.254 e. The predicted octanol–water partition coefficient (Wildman–Crippen LogP) is 2.07. The summed E-state index contributed by atoms with van der Waals surface area (Å²) in [5.74, 6) is 0.638. The van der Waals surface area contributed by atoms with Gasteiger partial charge < -0.3 is 5.32 Å². The first-order valence-corrected chi connectivity index (χ1v) is 6.79. The van der Waals surface area contributed by atoms with Crippen molar-refractivity contribution in [1.82, 2.24) is 15.3 Å². The Morgan fingerprint density at radius 3 is 2.78 bits per heavy atom. The highest BCUT2D eigenvalue weighted by atomic mass is 32.1. The Hall–Kier alpha value is -1.75. The van der Waals surface area contributed by atoms with E-state index in [2.05, 4.69) is 21.4 Å². The van der Waals surface area contributed by atoms with Crippen molar-refractivity contribution in [3.05, 3.63) is 46.2 Å². The number of rotatable bonds is 5. The van der Waals surface area contributed by atoms with E-state index in [1.807, 2.05) is 18.4 Å². The molecule has 2 aromatic heterocycles. The number of nitrogens with zero attached hydrogens (tertiary/aromatic N) is 2. The van der Waals surface area contributed by atoms with E-state index >= 15 is 0 Å². The minimum atomic E-state index is -0.116. The molecule has 0 saturated heterocycles. The Bertz CT molecular complexity index is 493. The largest absolute Gasteiger partial charge is 0.352 e. The van der Waals surface area contributed by atoms with Gasteiger partial charge in [0.1, 0.15) is 5.82 Å². The molecule has 0 unspecified atom stereocenters. The molecule has 0 fully saturated rings. The van der Waals surface area contributed by atoms with Gasteiger partial charge in [-0.1, -0.05) is 13.0 Å². The van der Waals surface area contributed by atoms with Crippen LogP contribution < -0.4 is 5.32 Å². The van der Waals surface area contributed by atoms with E-state index in [9.17, 15) is 4.79 Å². The molecule has 0 bridgehead atoms. The van der Waals surface area contributed by atoms with Gasteiger partial charge in [0.2, 0.25) is 0 Å². The molecule has 0 radical (unpaired) electrons. The van der Waals surface area contributed by atoms with Gasteiger partial charge in [-0.25, -0.2) is 9.97 Å². The third kappa shape index (κ3) is 3.37. The molecule has 0 aliphatic carbocycles. The average molecular weight is 261 g/mol. The minimum absolute atomic E-state index is 0.116. The van der Waals surface area contributed by atoms with E-state index in [1.165, 1.54) is 4.88 Å². The van der Waals surface area contributed by atoms with Gasteiger partial charge >= 0.3 is 0 Å². The van der Waals surface area contributed by atoms with Gasteiger partial charge in [0.15, 0.2) is 0 Å². The van der Waals surface area contributed by atoms with Crippen LogP contribution in [0.25, 0.3) is 0 Å². The van der Waals surface area contributed by atoms with Crippen LogP contribution in [-0.4, -0.2) is 22.4 Å². The van der Waals surface area contributed by atoms with Gasteiger partial charge in [0.05, 0.1) is 5.56 Å². The lowest BCUT2D eigenvalue weighted by Crippen LogP contribution is -2.25. The van der Waals surface area contributed by atoms with E-state index in [4.69, 9.17) is 0 Å². The number of hydrogen-bond acceptors (Lipinski definition) is 4. The van der Waals surface area contributed by atoms with Gasteiger partial charge in [-0.15, -0.1) is 11.3 Å². The summed E-state index contributed by atoms with van der Waals surface area (Å²) >= 11 is 1.70. The summed E-state index contributed by atoms with van der Waals surface area (Å²) in [6.07, 6.45) is 4.79. The van der Waals surface area contributed by atoms with Crippen molar-refractivity contribution in [2.45, 2.75) is 19.8 Å². The van der Waals surface area contributed by atoms with Gasteiger partial charge in [0, 0.05) is 30.2 Å². The quantitative estimate of drug-likeness (QED) is 0.896. The summed E-state index contributed by atoms with van der Waals surface area (Å²) in [6, 6.07) is 4.08. The summed E-state index contributed by atoms with van der Waals surface area (Å²) in [5, 5.41) is 4.90. The molecule has 0 saturated carbocycles. The fraction of sp³-hybridized carbons (Fsp3) is 0.308. The number of carbonyl (C=O) groups is 1. The standard InChI is InChI=1S/C13H15N3OS/c1-2-12-15-8-10(9-16-12)13(17)14-6-5-11-4-3-7-18-11/h3-4,7-9H,2,5-6H2,1H3,(H,14,17). The van der Waals surface area contributed by atoms with E-state index < -0.39 is 0 Å². The summed E-state index contributed by atoms with van der Waals surface area (Å²) in [6.45, 7) is 2.62. The van der Waals surface area contributed by atoms with Crippen molar-refractivity contribution in [2.75, 3.05) is 6.54 Å². The molecular formula is C13H15N3OS. The van der Waals surface area contributed by atoms with Gasteiger partial charge in [0.25, 0.3) is 5.91 Å². The van der Waals surface area contributed by atoms with Crippen molar-refractivity contribution >= 4 is 17.2 Å². The van der Waals surface area contributed by atoms with Gasteiger partial charge in [-0.2, -0.15) is 0 Å². The van der Waals surface area contributed by atoms with Crippen LogP contribution in [0.2, 0.25) is 0 Å². The van der Waals surface area contributed by atoms with Crippen LogP contribution in [-0.2, 0) is 12.8 Å². The average Bonchev–Trinajstić information content (AvgIpc) is 2.92. The molecule has 2 aromatic rings. The van der Waals surface area contributed by atoms with Crippen molar-refractivity contribution in [3.8, 4) is 0 Å². The number of hydrogen-bond donors (Lipinski definition) is 1. The van der Waals surface area contributed by atoms with E-state index in [0.717, 1.165) is 18.7 Å². The second-order valence-electron chi connectivity index (χ2n) is 3.83. The number of aryl methyl sites for hydroxylation is 1. The molecule has 0 aromatic carbocycles. The number of aromatic nitrogens is 2. The molecule has 1 N–H and O–H groups in total. The van der Waals surface area contributed by atoms with Crippen LogP contribution in [0.1, 0.15) is 28.0 Å². The lowest BCUT2D eigenvalue weighted by Gasteiger charge is -2.04. The van der Waals surface area contributed by atoms with Crippen molar-refractivity contribution < 1.29 is 4.79 Å². The van der Waals surface area contributed by atoms with Crippen LogP contribution >= 0.6 is 11.3 Å². The number of amides is 1. The molecule has 0 aliphatic rings. The van der Waals surface area contributed by atoms with Gasteiger partial charge in [-0.05, 0) is 17.9 Å². The first kappa shape index (κ1) is 12.7. The second-order valence-corrected chi connectivity index (χ2v) is 4.86. The molecule has 0 aliphatic heterocycles. The molecule has 2 rings (SSSR count). The van der Waals surface area contributed by atoms with Crippen molar-refractivity contribution in [1.29, 1.82) is 0 Å². The van der Waals surface area contributed by atoms with E-state index in [-0.39, 0.29) is 5.91 Å². The zero-order valence-electron chi connectivity index (χ0n) is 10.2. The molecular weight excluding hydrogens is 246 g/mol. The summed E-state index contributed by atoms with van der Waals surface area (Å²) in [5.41, 5.74) is 0.512. The highest BCUT2D eigenvalue weighted by molar-refractivity contribution is 7.09. The number of thiophene rings is 1. The van der Waals surface area contributed by atoms with Gasteiger partial charge in [-0.3, -0.25) is 4.79 Å². The van der Waals surface area contributed by atoms with Crippen LogP contribution in [0.3, 0.4) is 0 Å². The fourth-order valence-corrected chi connectivity index (χ4v) is 2.22. The topological polar surface area (TPSA) is 54.9 Å². The Morgan fingerprint density at radius 2 is 2.17 bits per heavy atom. The van der Waals surface area contributed by atoms with E-state index in [0.29, 0.717) is 12.1 Å². The smallest absolute Gasteiger partial charge is 0.254 e. The molecule has 0 atom stereocenters. The Labute approximate surface area is 110 Å². The van der Waals surface area contributed by atoms with Crippen LogP contribution in [0.4, 0.5) is 0 Å². The normalized spacial score (nSPS) is 10.3. The summed E-state index contributed by atoms with van der Waals surface area (Å²) < 4.78 is 0. The highest BCUT2D eigenvalue weighted by Crippen LogP contribution is 2.08. The predicted molar refractivity (Wildman–Crippen MR) is 71.8 cm³/mol. The van der Waals surface area contributed by atoms with Crippen LogP contribution in [0.5, 0.6) is 0 Å². The molecule has 94 valence electrons. The highest BCUT2D eigenvalue weighted by Gasteiger charge is 2.06. The monoisotopic (exact) mass is 261 g/mol. The minimum Gasteiger partial charge on any atom is -0.352 e. The molecule has 1 amide bonds. The maximum absolute atomic E-state index is 11.8. The summed E-state index contributed by atoms with van der Waals surface area (Å²) in [4.78, 5) is 21.3. The molecule has 5 heteroatoms. The van der Waals surface area contributed by atoms with Crippen LogP contribution in [0.15, 0.2) is 29.9 Å². The second kappa shape index (κ2) is 6.26. The Kier molecular flexibility index (Phi) is 4.41. The maximum atomic E-state index is 11.8. The van der Waals surface area contributed by atoms with E-state index in [1.54, 1.807) is 23.7 Å². The third-order valence-corrected chi connectivity index (χ3v) is 3.46. The Morgan fingerprint density at radius 1 is 1.39 bits per heavy atom. The lowest BCUT2D eigenvalue weighted by molar-refractivity contribution is 0.0953. The first-order chi connectivity index (χ1) is 8.79. The zero-order chi connectivity index (χ0) is 12.8. The SMILES string of the molecule is CCc1ncc(C(=O)NCCc2cccs2)cn1. The fourth-order valence-electron chi connectivity index (χ4n) is 1.51. The molecule has 2 heterocycles. The molecule has 0 spiro atoms. The molecule has 4 nitrogen and oxygen atoms in total. The first-order valence-electron chi connectivity index (χ1n) is 5.91. The molecule has 18 heavy (non-hydrogen) atoms. The number of carbonyl (C=O) groups excluding carboxylic acids is 1. The third-order valence-electron chi connectivity index (χ3n) is 2.52. The zero-order valence-corrected chi connectivity index (χ0v) is 11.0. The number of nitrogens with one attached hydrogen (secondary N) is 1. The Balaban J connectivity index is 1.83.